The molecule has 0 radical (unpaired) electrons. The first-order chi connectivity index (χ1) is 16.5. The van der Waals surface area contributed by atoms with Crippen molar-refractivity contribution in [2.45, 2.75) is 6.42 Å². The minimum absolute atomic E-state index is 0.0153. The zero-order valence-corrected chi connectivity index (χ0v) is 18.6. The van der Waals surface area contributed by atoms with E-state index in [4.69, 9.17) is 14.2 Å². The molecule has 1 aliphatic heterocycles. The van der Waals surface area contributed by atoms with Crippen LogP contribution in [0.2, 0.25) is 0 Å². The summed E-state index contributed by atoms with van der Waals surface area (Å²) in [6, 6.07) is 23.3. The second-order valence-corrected chi connectivity index (χ2v) is 7.67. The molecule has 0 unspecified atom stereocenters. The van der Waals surface area contributed by atoms with Gasteiger partial charge in [-0.25, -0.2) is 0 Å². The third-order valence-electron chi connectivity index (χ3n) is 5.30. The number of para-hydroxylation sites is 3. The molecule has 4 rings (SSSR count). The van der Waals surface area contributed by atoms with Crippen LogP contribution in [0.3, 0.4) is 0 Å². The van der Waals surface area contributed by atoms with Crippen molar-refractivity contribution in [3.63, 3.8) is 0 Å². The second-order valence-electron chi connectivity index (χ2n) is 7.67. The molecule has 1 heterocycles. The van der Waals surface area contributed by atoms with Crippen molar-refractivity contribution < 1.29 is 28.6 Å². The predicted molar refractivity (Wildman–Crippen MR) is 126 cm³/mol. The molecule has 1 fully saturated rings. The van der Waals surface area contributed by atoms with E-state index in [1.165, 1.54) is 12.0 Å². The van der Waals surface area contributed by atoms with Gasteiger partial charge in [0.2, 0.25) is 5.91 Å². The van der Waals surface area contributed by atoms with Crippen molar-refractivity contribution in [2.75, 3.05) is 30.5 Å². The number of carbonyl (C=O) groups excluding carboxylic acids is 3. The molecule has 8 nitrogen and oxygen atoms in total. The quantitative estimate of drug-likeness (QED) is 0.510. The zero-order chi connectivity index (χ0) is 23.9. The van der Waals surface area contributed by atoms with Gasteiger partial charge in [0.15, 0.2) is 6.61 Å². The van der Waals surface area contributed by atoms with E-state index in [9.17, 15) is 14.4 Å². The van der Waals surface area contributed by atoms with Crippen LogP contribution in [0, 0.1) is 5.92 Å². The van der Waals surface area contributed by atoms with Crippen molar-refractivity contribution in [3.05, 3.63) is 78.9 Å². The fourth-order valence-electron chi connectivity index (χ4n) is 3.63. The molecule has 1 saturated heterocycles. The Labute approximate surface area is 197 Å². The molecule has 0 bridgehead atoms. The molecule has 0 aliphatic carbocycles. The summed E-state index contributed by atoms with van der Waals surface area (Å²) < 4.78 is 16.2. The minimum atomic E-state index is -0.653. The van der Waals surface area contributed by atoms with Gasteiger partial charge in [-0.1, -0.05) is 30.3 Å². The maximum Gasteiger partial charge on any atom is 0.311 e. The fraction of sp³-hybridized carbons (Fsp3) is 0.192. The van der Waals surface area contributed by atoms with Crippen molar-refractivity contribution >= 4 is 29.2 Å². The van der Waals surface area contributed by atoms with Crippen molar-refractivity contribution in [3.8, 4) is 17.2 Å². The van der Waals surface area contributed by atoms with E-state index in [1.807, 2.05) is 30.3 Å². The lowest BCUT2D eigenvalue weighted by Crippen LogP contribution is -2.28. The van der Waals surface area contributed by atoms with E-state index in [1.54, 1.807) is 48.5 Å². The normalized spacial score (nSPS) is 15.0. The number of carbonyl (C=O) groups is 3. The minimum Gasteiger partial charge on any atom is -0.495 e. The van der Waals surface area contributed by atoms with Crippen molar-refractivity contribution in [1.82, 2.24) is 0 Å². The molecule has 1 N–H and O–H groups in total. The van der Waals surface area contributed by atoms with Crippen LogP contribution in [0.4, 0.5) is 11.4 Å². The number of nitrogens with zero attached hydrogens (tertiary/aromatic N) is 1. The molecule has 1 aliphatic rings. The summed E-state index contributed by atoms with van der Waals surface area (Å²) in [7, 11) is 1.52. The molecule has 34 heavy (non-hydrogen) atoms. The van der Waals surface area contributed by atoms with Gasteiger partial charge in [-0.2, -0.15) is 0 Å². The van der Waals surface area contributed by atoms with E-state index in [0.717, 1.165) is 0 Å². The van der Waals surface area contributed by atoms with Gasteiger partial charge in [0.1, 0.15) is 17.2 Å². The lowest BCUT2D eigenvalue weighted by atomic mass is 10.1. The zero-order valence-electron chi connectivity index (χ0n) is 18.6. The van der Waals surface area contributed by atoms with Crippen LogP contribution >= 0.6 is 0 Å². The number of methoxy groups -OCH3 is 1. The lowest BCUT2D eigenvalue weighted by Gasteiger charge is -2.19. The highest BCUT2D eigenvalue weighted by Gasteiger charge is 2.37. The summed E-state index contributed by atoms with van der Waals surface area (Å²) in [5.41, 5.74) is 1.14. The number of rotatable bonds is 8. The van der Waals surface area contributed by atoms with Gasteiger partial charge in [-0.05, 0) is 48.5 Å². The molecule has 1 atom stereocenters. The topological polar surface area (TPSA) is 94.2 Å². The summed E-state index contributed by atoms with van der Waals surface area (Å²) in [6.45, 7) is -0.275. The molecule has 3 aromatic carbocycles. The molecular formula is C26H24N2O6. The Hall–Kier alpha value is -4.33. The Morgan fingerprint density at radius 2 is 1.62 bits per heavy atom. The highest BCUT2D eigenvalue weighted by atomic mass is 16.5. The summed E-state index contributed by atoms with van der Waals surface area (Å²) in [6.07, 6.45) is 0.0153. The Kier molecular flexibility index (Phi) is 7.07. The maximum absolute atomic E-state index is 12.5. The predicted octanol–water partition coefficient (Wildman–Crippen LogP) is 4.02. The maximum atomic E-state index is 12.5. The van der Waals surface area contributed by atoms with E-state index in [0.29, 0.717) is 28.6 Å². The SMILES string of the molecule is COc1ccccc1N1C[C@H](C(=O)OCC(=O)Nc2ccc(Oc3ccccc3)cc2)CC1=O. The van der Waals surface area contributed by atoms with Crippen LogP contribution < -0.4 is 19.7 Å². The third-order valence-corrected chi connectivity index (χ3v) is 5.30. The van der Waals surface area contributed by atoms with Gasteiger partial charge in [-0.15, -0.1) is 0 Å². The molecule has 174 valence electrons. The number of anilines is 2. The second kappa shape index (κ2) is 10.5. The van der Waals surface area contributed by atoms with Gasteiger partial charge in [0.05, 0.1) is 18.7 Å². The number of hydrogen-bond acceptors (Lipinski definition) is 6. The van der Waals surface area contributed by atoms with Crippen LogP contribution in [0.1, 0.15) is 6.42 Å². The number of hydrogen-bond donors (Lipinski definition) is 1. The van der Waals surface area contributed by atoms with E-state index < -0.39 is 24.4 Å². The first-order valence-electron chi connectivity index (χ1n) is 10.8. The van der Waals surface area contributed by atoms with Crippen LogP contribution in [0.25, 0.3) is 0 Å². The largest absolute Gasteiger partial charge is 0.495 e. The van der Waals surface area contributed by atoms with Crippen molar-refractivity contribution in [2.24, 2.45) is 5.92 Å². The highest BCUT2D eigenvalue weighted by Crippen LogP contribution is 2.33. The van der Waals surface area contributed by atoms with E-state index in [-0.39, 0.29) is 18.9 Å². The van der Waals surface area contributed by atoms with Gasteiger partial charge >= 0.3 is 5.97 Å². The standard InChI is InChI=1S/C26H24N2O6/c1-32-23-10-6-5-9-22(23)28-16-18(15-25(28)30)26(31)33-17-24(29)27-19-11-13-21(14-12-19)34-20-7-3-2-4-8-20/h2-14,18H,15-17H2,1H3,(H,27,29)/t18-/m1/s1. The molecule has 8 heteroatoms. The Morgan fingerprint density at radius 1 is 0.941 bits per heavy atom. The molecular weight excluding hydrogens is 436 g/mol. The van der Waals surface area contributed by atoms with Gasteiger partial charge in [0, 0.05) is 18.7 Å². The number of nitrogens with one attached hydrogen (secondary N) is 1. The Balaban J connectivity index is 1.26. The molecule has 0 saturated carbocycles. The molecule has 2 amide bonds. The Morgan fingerprint density at radius 3 is 2.35 bits per heavy atom. The summed E-state index contributed by atoms with van der Waals surface area (Å²) in [5.74, 6) is -0.0386. The average molecular weight is 460 g/mol. The van der Waals surface area contributed by atoms with Crippen LogP contribution in [-0.4, -0.2) is 38.0 Å². The van der Waals surface area contributed by atoms with Gasteiger partial charge in [0.25, 0.3) is 5.91 Å². The highest BCUT2D eigenvalue weighted by molar-refractivity contribution is 6.01. The molecule has 3 aromatic rings. The third kappa shape index (κ3) is 5.53. The van der Waals surface area contributed by atoms with Crippen LogP contribution in [0.5, 0.6) is 17.2 Å². The fourth-order valence-corrected chi connectivity index (χ4v) is 3.63. The van der Waals surface area contributed by atoms with Crippen LogP contribution in [-0.2, 0) is 19.1 Å². The number of esters is 1. The summed E-state index contributed by atoms with van der Waals surface area (Å²) in [5, 5.41) is 2.67. The van der Waals surface area contributed by atoms with Crippen LogP contribution in [0.15, 0.2) is 78.9 Å². The number of amides is 2. The van der Waals surface area contributed by atoms with Gasteiger partial charge in [-0.3, -0.25) is 14.4 Å². The molecule has 0 aromatic heterocycles. The van der Waals surface area contributed by atoms with Crippen molar-refractivity contribution in [1.29, 1.82) is 0 Å². The Bertz CT molecular complexity index is 1160. The first-order valence-corrected chi connectivity index (χ1v) is 10.8. The first kappa shape index (κ1) is 22.8. The summed E-state index contributed by atoms with van der Waals surface area (Å²) in [4.78, 5) is 38.7. The lowest BCUT2D eigenvalue weighted by molar-refractivity contribution is -0.151. The number of ether oxygens (including phenoxy) is 3. The summed E-state index contributed by atoms with van der Waals surface area (Å²) >= 11 is 0. The van der Waals surface area contributed by atoms with E-state index in [2.05, 4.69) is 5.32 Å². The smallest absolute Gasteiger partial charge is 0.311 e. The van der Waals surface area contributed by atoms with Gasteiger partial charge < -0.3 is 24.4 Å². The van der Waals surface area contributed by atoms with E-state index >= 15 is 0 Å². The monoisotopic (exact) mass is 460 g/mol. The average Bonchev–Trinajstić information content (AvgIpc) is 3.26. The number of benzene rings is 3. The molecule has 0 spiro atoms.